The van der Waals surface area contributed by atoms with E-state index in [9.17, 15) is 5.11 Å². The van der Waals surface area contributed by atoms with Crippen molar-refractivity contribution in [3.8, 4) is 5.75 Å². The number of allylic oxidation sites excluding steroid dienone is 1. The fourth-order valence-electron chi connectivity index (χ4n) is 1.74. The van der Waals surface area contributed by atoms with Crippen LogP contribution in [0.3, 0.4) is 0 Å². The standard InChI is InChI=1S/C11H12O2/c12-6-5-9-2-1-8-3-4-10(13)7-11(8)9/h2-4,7,12-13H,1,5-6H2. The van der Waals surface area contributed by atoms with Crippen molar-refractivity contribution >= 4 is 5.57 Å². The fourth-order valence-corrected chi connectivity index (χ4v) is 1.74. The van der Waals surface area contributed by atoms with E-state index in [1.54, 1.807) is 12.1 Å². The lowest BCUT2D eigenvalue weighted by Crippen LogP contribution is -1.87. The topological polar surface area (TPSA) is 40.5 Å². The van der Waals surface area contributed by atoms with Crippen LogP contribution in [0.5, 0.6) is 5.75 Å². The molecule has 0 radical (unpaired) electrons. The van der Waals surface area contributed by atoms with Crippen LogP contribution in [-0.2, 0) is 6.42 Å². The molecule has 1 aromatic rings. The van der Waals surface area contributed by atoms with Gasteiger partial charge in [0.05, 0.1) is 0 Å². The molecular weight excluding hydrogens is 164 g/mol. The highest BCUT2D eigenvalue weighted by Crippen LogP contribution is 2.31. The Bertz CT molecular complexity index is 353. The second kappa shape index (κ2) is 3.23. The Labute approximate surface area is 77.1 Å². The Hall–Kier alpha value is -1.28. The van der Waals surface area contributed by atoms with E-state index < -0.39 is 0 Å². The molecule has 0 spiro atoms. The molecule has 0 unspecified atom stereocenters. The molecular formula is C11H12O2. The molecule has 2 rings (SSSR count). The van der Waals surface area contributed by atoms with Gasteiger partial charge >= 0.3 is 0 Å². The van der Waals surface area contributed by atoms with E-state index in [4.69, 9.17) is 5.11 Å². The number of fused-ring (bicyclic) bond motifs is 1. The van der Waals surface area contributed by atoms with E-state index in [0.29, 0.717) is 12.2 Å². The highest BCUT2D eigenvalue weighted by molar-refractivity contribution is 5.73. The van der Waals surface area contributed by atoms with E-state index in [1.807, 2.05) is 6.07 Å². The van der Waals surface area contributed by atoms with E-state index in [-0.39, 0.29) is 6.61 Å². The largest absolute Gasteiger partial charge is 0.508 e. The molecule has 2 heteroatoms. The van der Waals surface area contributed by atoms with Gasteiger partial charge in [-0.05, 0) is 41.7 Å². The minimum atomic E-state index is 0.168. The molecule has 0 amide bonds. The third kappa shape index (κ3) is 1.45. The fraction of sp³-hybridized carbons (Fsp3) is 0.273. The molecule has 0 saturated carbocycles. The summed E-state index contributed by atoms with van der Waals surface area (Å²) in [5.74, 6) is 0.296. The van der Waals surface area contributed by atoms with Gasteiger partial charge in [0.25, 0.3) is 0 Å². The molecule has 0 atom stereocenters. The molecule has 0 heterocycles. The molecule has 0 bridgehead atoms. The van der Waals surface area contributed by atoms with Crippen LogP contribution in [0, 0.1) is 0 Å². The predicted molar refractivity (Wildman–Crippen MR) is 51.5 cm³/mol. The van der Waals surface area contributed by atoms with Gasteiger partial charge in [0.15, 0.2) is 0 Å². The first-order valence-electron chi connectivity index (χ1n) is 4.43. The Morgan fingerprint density at radius 1 is 1.31 bits per heavy atom. The number of phenols is 1. The summed E-state index contributed by atoms with van der Waals surface area (Å²) in [5.41, 5.74) is 3.48. The zero-order valence-electron chi connectivity index (χ0n) is 7.33. The van der Waals surface area contributed by atoms with Gasteiger partial charge in [0.1, 0.15) is 5.75 Å². The van der Waals surface area contributed by atoms with Crippen molar-refractivity contribution in [1.82, 2.24) is 0 Å². The van der Waals surface area contributed by atoms with Crippen molar-refractivity contribution in [2.75, 3.05) is 6.61 Å². The number of aliphatic hydroxyl groups is 1. The summed E-state index contributed by atoms with van der Waals surface area (Å²) in [6.45, 7) is 0.168. The number of rotatable bonds is 2. The second-order valence-electron chi connectivity index (χ2n) is 3.25. The number of aromatic hydroxyl groups is 1. The minimum Gasteiger partial charge on any atom is -0.508 e. The maximum atomic E-state index is 9.29. The van der Waals surface area contributed by atoms with Crippen LogP contribution in [0.4, 0.5) is 0 Å². The number of phenolic OH excluding ortho intramolecular Hbond substituents is 1. The average Bonchev–Trinajstić information content (AvgIpc) is 2.49. The van der Waals surface area contributed by atoms with Gasteiger partial charge in [0, 0.05) is 6.61 Å². The SMILES string of the molecule is OCCC1=CCc2ccc(O)cc21. The highest BCUT2D eigenvalue weighted by atomic mass is 16.3. The van der Waals surface area contributed by atoms with Gasteiger partial charge < -0.3 is 10.2 Å². The molecule has 13 heavy (non-hydrogen) atoms. The van der Waals surface area contributed by atoms with Gasteiger partial charge in [0.2, 0.25) is 0 Å². The van der Waals surface area contributed by atoms with Crippen LogP contribution in [0.2, 0.25) is 0 Å². The van der Waals surface area contributed by atoms with E-state index in [2.05, 4.69) is 6.08 Å². The molecule has 2 nitrogen and oxygen atoms in total. The highest BCUT2D eigenvalue weighted by Gasteiger charge is 2.13. The van der Waals surface area contributed by atoms with Gasteiger partial charge in [-0.25, -0.2) is 0 Å². The molecule has 1 aliphatic carbocycles. The number of hydrogen-bond donors (Lipinski definition) is 2. The van der Waals surface area contributed by atoms with Gasteiger partial charge in [-0.3, -0.25) is 0 Å². The molecule has 0 aromatic heterocycles. The normalized spacial score (nSPS) is 14.1. The summed E-state index contributed by atoms with van der Waals surface area (Å²) in [6, 6.07) is 5.41. The maximum Gasteiger partial charge on any atom is 0.116 e. The number of benzene rings is 1. The monoisotopic (exact) mass is 176 g/mol. The van der Waals surface area contributed by atoms with E-state index >= 15 is 0 Å². The summed E-state index contributed by atoms with van der Waals surface area (Å²) in [5, 5.41) is 18.1. The summed E-state index contributed by atoms with van der Waals surface area (Å²) in [7, 11) is 0. The molecule has 1 aromatic carbocycles. The average molecular weight is 176 g/mol. The van der Waals surface area contributed by atoms with Gasteiger partial charge in [-0.2, -0.15) is 0 Å². The van der Waals surface area contributed by atoms with Crippen molar-refractivity contribution in [2.45, 2.75) is 12.8 Å². The summed E-state index contributed by atoms with van der Waals surface area (Å²) in [6.07, 6.45) is 3.71. The van der Waals surface area contributed by atoms with Crippen LogP contribution in [-0.4, -0.2) is 16.8 Å². The number of hydrogen-bond acceptors (Lipinski definition) is 2. The van der Waals surface area contributed by atoms with Crippen molar-refractivity contribution in [2.24, 2.45) is 0 Å². The summed E-state index contributed by atoms with van der Waals surface area (Å²) in [4.78, 5) is 0. The lowest BCUT2D eigenvalue weighted by Gasteiger charge is -2.04. The molecule has 0 saturated heterocycles. The first-order valence-corrected chi connectivity index (χ1v) is 4.43. The van der Waals surface area contributed by atoms with Crippen molar-refractivity contribution in [3.05, 3.63) is 35.4 Å². The van der Waals surface area contributed by atoms with Crippen molar-refractivity contribution < 1.29 is 10.2 Å². The van der Waals surface area contributed by atoms with E-state index in [1.165, 1.54) is 5.56 Å². The third-order valence-corrected chi connectivity index (χ3v) is 2.39. The van der Waals surface area contributed by atoms with Crippen molar-refractivity contribution in [3.63, 3.8) is 0 Å². The summed E-state index contributed by atoms with van der Waals surface area (Å²) >= 11 is 0. The Kier molecular flexibility index (Phi) is 2.07. The third-order valence-electron chi connectivity index (χ3n) is 2.39. The van der Waals surface area contributed by atoms with Crippen LogP contribution in [0.15, 0.2) is 24.3 Å². The van der Waals surface area contributed by atoms with Crippen LogP contribution in [0.25, 0.3) is 5.57 Å². The Morgan fingerprint density at radius 2 is 2.15 bits per heavy atom. The maximum absolute atomic E-state index is 9.29. The molecule has 0 fully saturated rings. The molecule has 2 N–H and O–H groups in total. The minimum absolute atomic E-state index is 0.168. The molecule has 1 aliphatic rings. The lowest BCUT2D eigenvalue weighted by molar-refractivity contribution is 0.305. The first kappa shape index (κ1) is 8.32. The smallest absolute Gasteiger partial charge is 0.116 e. The molecule has 0 aliphatic heterocycles. The van der Waals surface area contributed by atoms with Crippen LogP contribution < -0.4 is 0 Å². The van der Waals surface area contributed by atoms with Crippen molar-refractivity contribution in [1.29, 1.82) is 0 Å². The zero-order valence-corrected chi connectivity index (χ0v) is 7.33. The van der Waals surface area contributed by atoms with Crippen LogP contribution >= 0.6 is 0 Å². The number of aliphatic hydroxyl groups excluding tert-OH is 1. The first-order chi connectivity index (χ1) is 6.31. The zero-order chi connectivity index (χ0) is 9.26. The lowest BCUT2D eigenvalue weighted by atomic mass is 10.0. The Morgan fingerprint density at radius 3 is 2.92 bits per heavy atom. The van der Waals surface area contributed by atoms with Gasteiger partial charge in [-0.1, -0.05) is 12.1 Å². The second-order valence-corrected chi connectivity index (χ2v) is 3.25. The van der Waals surface area contributed by atoms with E-state index in [0.717, 1.165) is 17.6 Å². The summed E-state index contributed by atoms with van der Waals surface area (Å²) < 4.78 is 0. The van der Waals surface area contributed by atoms with Gasteiger partial charge in [-0.15, -0.1) is 0 Å². The Balaban J connectivity index is 2.36. The quantitative estimate of drug-likeness (QED) is 0.720. The van der Waals surface area contributed by atoms with Crippen LogP contribution in [0.1, 0.15) is 17.5 Å². The predicted octanol–water partition coefficient (Wildman–Crippen LogP) is 1.71. The molecule has 68 valence electrons.